The van der Waals surface area contributed by atoms with Crippen LogP contribution in [0.4, 0.5) is 0 Å². The molecule has 2 heterocycles. The van der Waals surface area contributed by atoms with E-state index in [2.05, 4.69) is 9.88 Å². The molecule has 2 aromatic carbocycles. The molecule has 3 aromatic rings. The fourth-order valence-corrected chi connectivity index (χ4v) is 4.40. The number of fused-ring (bicyclic) bond motifs is 1. The van der Waals surface area contributed by atoms with Crippen LogP contribution in [0, 0.1) is 6.92 Å². The van der Waals surface area contributed by atoms with E-state index in [1.807, 2.05) is 60.4 Å². The van der Waals surface area contributed by atoms with Crippen LogP contribution < -0.4 is 5.32 Å². The van der Waals surface area contributed by atoms with Crippen molar-refractivity contribution < 1.29 is 14.3 Å². The van der Waals surface area contributed by atoms with Crippen molar-refractivity contribution in [3.8, 4) is 0 Å². The number of nitrogens with zero attached hydrogens (tertiary/aromatic N) is 3. The molecule has 0 atom stereocenters. The third-order valence-corrected chi connectivity index (χ3v) is 6.40. The Hall–Kier alpha value is -3.19. The van der Waals surface area contributed by atoms with E-state index >= 15 is 0 Å². The normalized spacial score (nSPS) is 13.9. The second-order valence-electron chi connectivity index (χ2n) is 8.86. The maximum Gasteiger partial charge on any atom is 0.242 e. The molecule has 180 valence electrons. The van der Waals surface area contributed by atoms with Gasteiger partial charge in [-0.3, -0.25) is 9.59 Å². The lowest BCUT2D eigenvalue weighted by molar-refractivity contribution is -0.135. The molecule has 1 aliphatic heterocycles. The molecule has 0 radical (unpaired) electrons. The highest BCUT2D eigenvalue weighted by Gasteiger charge is 2.20. The predicted molar refractivity (Wildman–Crippen MR) is 133 cm³/mol. The van der Waals surface area contributed by atoms with Gasteiger partial charge in [-0.15, -0.1) is 0 Å². The maximum absolute atomic E-state index is 12.9. The van der Waals surface area contributed by atoms with E-state index in [4.69, 9.17) is 9.72 Å². The Kier molecular flexibility index (Phi) is 8.31. The lowest BCUT2D eigenvalue weighted by Crippen LogP contribution is -2.42. The SMILES string of the molecule is Cc1ccccc1CC(=O)NCCCCCc1nc2ccccc2n1CC(=O)N1CCOCC1. The lowest BCUT2D eigenvalue weighted by Gasteiger charge is -2.27. The molecule has 1 N–H and O–H groups in total. The standard InChI is InChI=1S/C27H34N4O3/c1-21-9-4-5-10-22(21)19-26(32)28-14-8-2-3-13-25-29-23-11-6-7-12-24(23)31(25)20-27(33)30-15-17-34-18-16-30/h4-7,9-12H,2-3,8,13-20H2,1H3,(H,28,32). The number of carbonyl (C=O) groups excluding carboxylic acids is 2. The van der Waals surface area contributed by atoms with Crippen LogP contribution in [0.2, 0.25) is 0 Å². The van der Waals surface area contributed by atoms with Crippen LogP contribution in [0.5, 0.6) is 0 Å². The Bertz CT molecular complexity index is 1120. The van der Waals surface area contributed by atoms with Crippen molar-refractivity contribution in [2.45, 2.75) is 45.6 Å². The molecular formula is C27H34N4O3. The van der Waals surface area contributed by atoms with Crippen molar-refractivity contribution in [2.24, 2.45) is 0 Å². The molecular weight excluding hydrogens is 428 g/mol. The van der Waals surface area contributed by atoms with E-state index in [1.165, 1.54) is 0 Å². The summed E-state index contributed by atoms with van der Waals surface area (Å²) in [5.41, 5.74) is 4.15. The summed E-state index contributed by atoms with van der Waals surface area (Å²) in [4.78, 5) is 31.8. The van der Waals surface area contributed by atoms with Crippen LogP contribution >= 0.6 is 0 Å². The number of imidazole rings is 1. The average Bonchev–Trinajstić information content (AvgIpc) is 3.20. The van der Waals surface area contributed by atoms with Gasteiger partial charge in [0.2, 0.25) is 11.8 Å². The highest BCUT2D eigenvalue weighted by Crippen LogP contribution is 2.18. The molecule has 1 aliphatic rings. The molecule has 1 saturated heterocycles. The highest BCUT2D eigenvalue weighted by molar-refractivity contribution is 5.81. The number of rotatable bonds is 10. The number of amides is 2. The van der Waals surface area contributed by atoms with Crippen LogP contribution in [0.3, 0.4) is 0 Å². The zero-order chi connectivity index (χ0) is 23.8. The van der Waals surface area contributed by atoms with Gasteiger partial charge >= 0.3 is 0 Å². The first kappa shape index (κ1) is 24.0. The second kappa shape index (κ2) is 11.8. The first-order valence-electron chi connectivity index (χ1n) is 12.2. The second-order valence-corrected chi connectivity index (χ2v) is 8.86. The molecule has 0 bridgehead atoms. The van der Waals surface area contributed by atoms with Crippen LogP contribution in [-0.2, 0) is 33.7 Å². The van der Waals surface area contributed by atoms with Gasteiger partial charge in [0, 0.05) is 26.1 Å². The molecule has 0 saturated carbocycles. The fourth-order valence-electron chi connectivity index (χ4n) is 4.40. The number of hydrogen-bond donors (Lipinski definition) is 1. The first-order valence-corrected chi connectivity index (χ1v) is 12.2. The molecule has 2 amide bonds. The molecule has 1 fully saturated rings. The smallest absolute Gasteiger partial charge is 0.242 e. The number of nitrogens with one attached hydrogen (secondary N) is 1. The van der Waals surface area contributed by atoms with Crippen LogP contribution in [-0.4, -0.2) is 59.1 Å². The summed E-state index contributed by atoms with van der Waals surface area (Å²) in [6.07, 6.45) is 4.11. The van der Waals surface area contributed by atoms with Gasteiger partial charge in [-0.2, -0.15) is 0 Å². The highest BCUT2D eigenvalue weighted by atomic mass is 16.5. The molecule has 0 spiro atoms. The summed E-state index contributed by atoms with van der Waals surface area (Å²) in [5, 5.41) is 3.03. The zero-order valence-corrected chi connectivity index (χ0v) is 20.0. The summed E-state index contributed by atoms with van der Waals surface area (Å²) in [6.45, 7) is 5.52. The van der Waals surface area contributed by atoms with Gasteiger partial charge in [0.1, 0.15) is 12.4 Å². The largest absolute Gasteiger partial charge is 0.378 e. The molecule has 7 nitrogen and oxygen atoms in total. The Labute approximate surface area is 201 Å². The van der Waals surface area contributed by atoms with Crippen molar-refractivity contribution in [2.75, 3.05) is 32.8 Å². The molecule has 7 heteroatoms. The minimum atomic E-state index is 0.0673. The van der Waals surface area contributed by atoms with Crippen molar-refractivity contribution >= 4 is 22.8 Å². The van der Waals surface area contributed by atoms with Crippen LogP contribution in [0.1, 0.15) is 36.2 Å². The van der Waals surface area contributed by atoms with Gasteiger partial charge in [-0.05, 0) is 43.0 Å². The third kappa shape index (κ3) is 6.23. The summed E-state index contributed by atoms with van der Waals surface area (Å²) in [5.74, 6) is 1.13. The van der Waals surface area contributed by atoms with E-state index in [1.54, 1.807) is 0 Å². The number of benzene rings is 2. The van der Waals surface area contributed by atoms with E-state index in [9.17, 15) is 9.59 Å². The van der Waals surface area contributed by atoms with Gasteiger partial charge in [-0.25, -0.2) is 4.98 Å². The van der Waals surface area contributed by atoms with Crippen LogP contribution in [0.15, 0.2) is 48.5 Å². The molecule has 4 rings (SSSR count). The summed E-state index contributed by atoms with van der Waals surface area (Å²) < 4.78 is 7.44. The predicted octanol–water partition coefficient (Wildman–Crippen LogP) is 3.28. The summed E-state index contributed by atoms with van der Waals surface area (Å²) in [7, 11) is 0. The number of aromatic nitrogens is 2. The number of unbranched alkanes of at least 4 members (excludes halogenated alkanes) is 2. The quantitative estimate of drug-likeness (QED) is 0.469. The number of morpholine rings is 1. The van der Waals surface area contributed by atoms with Gasteiger partial charge in [0.05, 0.1) is 30.7 Å². The topological polar surface area (TPSA) is 76.5 Å². The Balaban J connectivity index is 1.26. The minimum absolute atomic E-state index is 0.0673. The number of para-hydroxylation sites is 2. The molecule has 0 aliphatic carbocycles. The van der Waals surface area contributed by atoms with Crippen molar-refractivity contribution in [3.63, 3.8) is 0 Å². The Morgan fingerprint density at radius 2 is 1.76 bits per heavy atom. The lowest BCUT2D eigenvalue weighted by atomic mass is 10.1. The minimum Gasteiger partial charge on any atom is -0.378 e. The van der Waals surface area contributed by atoms with E-state index < -0.39 is 0 Å². The van der Waals surface area contributed by atoms with Crippen molar-refractivity contribution in [1.82, 2.24) is 19.8 Å². The average molecular weight is 463 g/mol. The van der Waals surface area contributed by atoms with Gasteiger partial charge in [0.25, 0.3) is 0 Å². The number of ether oxygens (including phenoxy) is 1. The maximum atomic E-state index is 12.9. The zero-order valence-electron chi connectivity index (χ0n) is 20.0. The van der Waals surface area contributed by atoms with E-state index in [0.717, 1.165) is 53.7 Å². The number of carbonyl (C=O) groups is 2. The fraction of sp³-hybridized carbons (Fsp3) is 0.444. The van der Waals surface area contributed by atoms with Gasteiger partial charge in [0.15, 0.2) is 0 Å². The molecule has 0 unspecified atom stereocenters. The molecule has 1 aromatic heterocycles. The monoisotopic (exact) mass is 462 g/mol. The van der Waals surface area contributed by atoms with Crippen LogP contribution in [0.25, 0.3) is 11.0 Å². The molecule has 34 heavy (non-hydrogen) atoms. The van der Waals surface area contributed by atoms with E-state index in [-0.39, 0.29) is 11.8 Å². The van der Waals surface area contributed by atoms with Gasteiger partial charge < -0.3 is 19.5 Å². The third-order valence-electron chi connectivity index (χ3n) is 6.40. The Morgan fingerprint density at radius 3 is 2.59 bits per heavy atom. The summed E-state index contributed by atoms with van der Waals surface area (Å²) >= 11 is 0. The van der Waals surface area contributed by atoms with Gasteiger partial charge in [-0.1, -0.05) is 42.8 Å². The first-order chi connectivity index (χ1) is 16.6. The number of aryl methyl sites for hydroxylation is 2. The van der Waals surface area contributed by atoms with Crippen molar-refractivity contribution in [3.05, 3.63) is 65.5 Å². The summed E-state index contributed by atoms with van der Waals surface area (Å²) in [6, 6.07) is 16.0. The van der Waals surface area contributed by atoms with E-state index in [0.29, 0.717) is 45.8 Å². The Morgan fingerprint density at radius 1 is 1.00 bits per heavy atom. The van der Waals surface area contributed by atoms with Crippen molar-refractivity contribution in [1.29, 1.82) is 0 Å². The number of hydrogen-bond acceptors (Lipinski definition) is 4.